The van der Waals surface area contributed by atoms with E-state index in [0.717, 1.165) is 0 Å². The first-order valence-corrected chi connectivity index (χ1v) is 4.48. The smallest absolute Gasteiger partial charge is 0.0426 e. The van der Waals surface area contributed by atoms with Crippen LogP contribution in [0.2, 0.25) is 0 Å². The Balaban J connectivity index is 2.75. The van der Waals surface area contributed by atoms with Crippen molar-refractivity contribution in [2.45, 2.75) is 33.7 Å². The van der Waals surface area contributed by atoms with Crippen molar-refractivity contribution in [2.24, 2.45) is 22.6 Å². The Labute approximate surface area is 75.2 Å². The highest BCUT2D eigenvalue weighted by atomic mass is 15.2. The second kappa shape index (κ2) is 2.57. The Kier molecular flexibility index (Phi) is 2.09. The van der Waals surface area contributed by atoms with Crippen LogP contribution in [0, 0.1) is 16.7 Å². The molecule has 0 bridgehead atoms. The second-order valence-electron chi connectivity index (χ2n) is 4.85. The first-order valence-electron chi connectivity index (χ1n) is 4.48. The van der Waals surface area contributed by atoms with E-state index >= 15 is 0 Å². The predicted octanol–water partition coefficient (Wildman–Crippen LogP) is 1.69. The molecule has 0 amide bonds. The largest absolute Gasteiger partial charge is 0.271 e. The molecular weight excluding hydrogens is 148 g/mol. The van der Waals surface area contributed by atoms with Crippen molar-refractivity contribution in [1.29, 1.82) is 0 Å². The van der Waals surface area contributed by atoms with Gasteiger partial charge in [-0.2, -0.15) is 0 Å². The number of hydrazine groups is 1. The molecule has 12 heavy (non-hydrogen) atoms. The normalized spacial score (nSPS) is 28.1. The molecule has 0 aromatic heterocycles. The van der Waals surface area contributed by atoms with Crippen LogP contribution >= 0.6 is 0 Å². The van der Waals surface area contributed by atoms with Crippen LogP contribution in [0.4, 0.5) is 0 Å². The topological polar surface area (TPSA) is 38.0 Å². The third kappa shape index (κ3) is 1.02. The number of nitrogens with one attached hydrogen (secondary N) is 1. The zero-order chi connectivity index (χ0) is 9.57. The van der Waals surface area contributed by atoms with Crippen LogP contribution in [0.5, 0.6) is 0 Å². The van der Waals surface area contributed by atoms with Gasteiger partial charge in [-0.15, -0.1) is 6.58 Å². The van der Waals surface area contributed by atoms with Crippen molar-refractivity contribution < 1.29 is 0 Å². The maximum absolute atomic E-state index is 5.45. The highest BCUT2D eigenvalue weighted by Gasteiger charge is 2.66. The van der Waals surface area contributed by atoms with Gasteiger partial charge in [-0.05, 0) is 16.7 Å². The molecule has 3 N–H and O–H groups in total. The lowest BCUT2D eigenvalue weighted by molar-refractivity contribution is 0.457. The molecule has 2 nitrogen and oxygen atoms in total. The van der Waals surface area contributed by atoms with Crippen molar-refractivity contribution >= 4 is 0 Å². The Morgan fingerprint density at radius 2 is 1.75 bits per heavy atom. The molecule has 0 aromatic carbocycles. The van der Waals surface area contributed by atoms with Gasteiger partial charge < -0.3 is 0 Å². The fourth-order valence-electron chi connectivity index (χ4n) is 2.45. The third-order valence-corrected chi connectivity index (χ3v) is 3.94. The van der Waals surface area contributed by atoms with Crippen LogP contribution in [-0.2, 0) is 0 Å². The van der Waals surface area contributed by atoms with Gasteiger partial charge in [0.25, 0.3) is 0 Å². The lowest BCUT2D eigenvalue weighted by Crippen LogP contribution is -2.36. The number of rotatable bonds is 3. The van der Waals surface area contributed by atoms with Crippen LogP contribution < -0.4 is 11.3 Å². The molecule has 0 saturated heterocycles. The first-order chi connectivity index (χ1) is 5.39. The van der Waals surface area contributed by atoms with Crippen LogP contribution in [0.15, 0.2) is 12.7 Å². The highest BCUT2D eigenvalue weighted by molar-refractivity contribution is 5.18. The van der Waals surface area contributed by atoms with Gasteiger partial charge in [0.15, 0.2) is 0 Å². The van der Waals surface area contributed by atoms with E-state index in [1.54, 1.807) is 0 Å². The summed E-state index contributed by atoms with van der Waals surface area (Å²) in [5, 5.41) is 0. The molecule has 0 radical (unpaired) electrons. The molecule has 1 fully saturated rings. The monoisotopic (exact) mass is 168 g/mol. The number of hydrogen-bond acceptors (Lipinski definition) is 2. The number of nitrogens with two attached hydrogens (primary N) is 1. The summed E-state index contributed by atoms with van der Waals surface area (Å²) in [5.41, 5.74) is 3.55. The van der Waals surface area contributed by atoms with Crippen LogP contribution in [0.25, 0.3) is 0 Å². The SMILES string of the molecule is C=CC(NN)C1C(C)(C)C1(C)C. The molecule has 1 rings (SSSR count). The standard InChI is InChI=1S/C10H20N2/c1-6-7(12-11)8-9(2,3)10(8,4)5/h6-8,12H,1,11H2,2-5H3. The molecule has 0 aliphatic heterocycles. The minimum absolute atomic E-state index is 0.245. The van der Waals surface area contributed by atoms with Gasteiger partial charge >= 0.3 is 0 Å². The van der Waals surface area contributed by atoms with E-state index in [1.165, 1.54) is 0 Å². The van der Waals surface area contributed by atoms with E-state index < -0.39 is 0 Å². The summed E-state index contributed by atoms with van der Waals surface area (Å²) >= 11 is 0. The Bertz CT molecular complexity index is 180. The van der Waals surface area contributed by atoms with Crippen LogP contribution in [-0.4, -0.2) is 6.04 Å². The molecule has 1 saturated carbocycles. The highest BCUT2D eigenvalue weighted by Crippen LogP contribution is 2.69. The van der Waals surface area contributed by atoms with Gasteiger partial charge in [0.05, 0.1) is 0 Å². The fraction of sp³-hybridized carbons (Fsp3) is 0.800. The quantitative estimate of drug-likeness (QED) is 0.382. The molecule has 1 unspecified atom stereocenters. The first kappa shape index (κ1) is 9.75. The fourth-order valence-corrected chi connectivity index (χ4v) is 2.45. The van der Waals surface area contributed by atoms with Gasteiger partial charge in [0, 0.05) is 6.04 Å². The predicted molar refractivity (Wildman–Crippen MR) is 52.4 cm³/mol. The van der Waals surface area contributed by atoms with Gasteiger partial charge in [-0.3, -0.25) is 11.3 Å². The van der Waals surface area contributed by atoms with E-state index in [9.17, 15) is 0 Å². The van der Waals surface area contributed by atoms with E-state index in [0.29, 0.717) is 16.7 Å². The molecule has 0 spiro atoms. The molecule has 1 aliphatic rings. The van der Waals surface area contributed by atoms with Crippen molar-refractivity contribution in [1.82, 2.24) is 5.43 Å². The van der Waals surface area contributed by atoms with E-state index in [2.05, 4.69) is 39.7 Å². The Hall–Kier alpha value is -0.340. The van der Waals surface area contributed by atoms with Gasteiger partial charge in [-0.25, -0.2) is 0 Å². The Morgan fingerprint density at radius 3 is 1.83 bits per heavy atom. The molecule has 0 heterocycles. The molecule has 0 aromatic rings. The summed E-state index contributed by atoms with van der Waals surface area (Å²) in [6.07, 6.45) is 1.90. The molecule has 1 aliphatic carbocycles. The van der Waals surface area contributed by atoms with Gasteiger partial charge in [0.2, 0.25) is 0 Å². The van der Waals surface area contributed by atoms with Crippen LogP contribution in [0.3, 0.4) is 0 Å². The minimum Gasteiger partial charge on any atom is -0.271 e. The lowest BCUT2D eigenvalue weighted by Gasteiger charge is -2.12. The second-order valence-corrected chi connectivity index (χ2v) is 4.85. The summed E-state index contributed by atoms with van der Waals surface area (Å²) < 4.78 is 0. The van der Waals surface area contributed by atoms with E-state index in [4.69, 9.17) is 5.84 Å². The molecule has 70 valence electrons. The van der Waals surface area contributed by atoms with E-state index in [1.807, 2.05) is 6.08 Å². The maximum atomic E-state index is 5.45. The summed E-state index contributed by atoms with van der Waals surface area (Å²) in [5.74, 6) is 6.05. The zero-order valence-electron chi connectivity index (χ0n) is 8.52. The molecule has 1 atom stereocenters. The third-order valence-electron chi connectivity index (χ3n) is 3.94. The summed E-state index contributed by atoms with van der Waals surface area (Å²) in [7, 11) is 0. The maximum Gasteiger partial charge on any atom is 0.0426 e. The van der Waals surface area contributed by atoms with Crippen molar-refractivity contribution in [2.75, 3.05) is 0 Å². The lowest BCUT2D eigenvalue weighted by atomic mass is 10.0. The molecular formula is C10H20N2. The van der Waals surface area contributed by atoms with Crippen molar-refractivity contribution in [3.05, 3.63) is 12.7 Å². The summed E-state index contributed by atoms with van der Waals surface area (Å²) in [6.45, 7) is 12.9. The van der Waals surface area contributed by atoms with Gasteiger partial charge in [0.1, 0.15) is 0 Å². The van der Waals surface area contributed by atoms with Crippen molar-refractivity contribution in [3.8, 4) is 0 Å². The van der Waals surface area contributed by atoms with Crippen LogP contribution in [0.1, 0.15) is 27.7 Å². The average molecular weight is 168 g/mol. The van der Waals surface area contributed by atoms with Crippen molar-refractivity contribution in [3.63, 3.8) is 0 Å². The van der Waals surface area contributed by atoms with E-state index in [-0.39, 0.29) is 6.04 Å². The Morgan fingerprint density at radius 1 is 1.33 bits per heavy atom. The summed E-state index contributed by atoms with van der Waals surface area (Å²) in [4.78, 5) is 0. The molecule has 2 heteroatoms. The number of hydrogen-bond donors (Lipinski definition) is 2. The zero-order valence-corrected chi connectivity index (χ0v) is 8.52. The average Bonchev–Trinajstić information content (AvgIpc) is 2.34. The minimum atomic E-state index is 0.245. The van der Waals surface area contributed by atoms with Gasteiger partial charge in [-0.1, -0.05) is 33.8 Å². The summed E-state index contributed by atoms with van der Waals surface area (Å²) in [6, 6.07) is 0.245.